The van der Waals surface area contributed by atoms with Crippen LogP contribution in [0.25, 0.3) is 0 Å². The fourth-order valence-corrected chi connectivity index (χ4v) is 3.02. The molecule has 0 N–H and O–H groups in total. The highest BCUT2D eigenvalue weighted by molar-refractivity contribution is 5.96. The number of rotatable bonds is 4. The molecule has 0 aliphatic carbocycles. The van der Waals surface area contributed by atoms with Crippen LogP contribution >= 0.6 is 0 Å². The molecule has 1 aromatic heterocycles. The number of aromatic nitrogens is 1. The van der Waals surface area contributed by atoms with E-state index in [1.54, 1.807) is 24.4 Å². The largest absolute Gasteiger partial charge is 0.465 e. The summed E-state index contributed by atoms with van der Waals surface area (Å²) in [6, 6.07) is 9.69. The van der Waals surface area contributed by atoms with Gasteiger partial charge < -0.3 is 14.5 Å². The molecular weight excluding hydrogens is 350 g/mol. The topological polar surface area (TPSA) is 113 Å². The van der Waals surface area contributed by atoms with Crippen LogP contribution in [-0.4, -0.2) is 49.2 Å². The lowest BCUT2D eigenvalue weighted by atomic mass is 10.1. The van der Waals surface area contributed by atoms with Crippen LogP contribution in [0.3, 0.4) is 0 Å². The number of ether oxygens (including phenoxy) is 1. The van der Waals surface area contributed by atoms with Crippen LogP contribution in [0, 0.1) is 21.4 Å². The van der Waals surface area contributed by atoms with E-state index >= 15 is 0 Å². The van der Waals surface area contributed by atoms with Crippen molar-refractivity contribution < 1.29 is 14.5 Å². The molecule has 0 unspecified atom stereocenters. The van der Waals surface area contributed by atoms with Gasteiger partial charge in [-0.3, -0.25) is 10.1 Å². The summed E-state index contributed by atoms with van der Waals surface area (Å²) in [5.74, 6) is 0.116. The second-order valence-corrected chi connectivity index (χ2v) is 5.94. The summed E-state index contributed by atoms with van der Waals surface area (Å²) in [6.45, 7) is 2.47. The molecule has 2 heterocycles. The Hall–Kier alpha value is -3.67. The number of piperazine rings is 1. The van der Waals surface area contributed by atoms with Crippen LogP contribution in [0.4, 0.5) is 17.2 Å². The van der Waals surface area contributed by atoms with Crippen molar-refractivity contribution in [3.8, 4) is 6.07 Å². The van der Waals surface area contributed by atoms with Crippen LogP contribution < -0.4 is 9.80 Å². The molecule has 0 spiro atoms. The molecule has 0 amide bonds. The number of nitriles is 1. The number of non-ortho nitro benzene ring substituents is 1. The Bertz CT molecular complexity index is 916. The zero-order valence-corrected chi connectivity index (χ0v) is 14.7. The number of carbonyl (C=O) groups is 1. The van der Waals surface area contributed by atoms with Gasteiger partial charge in [-0.1, -0.05) is 0 Å². The number of carbonyl (C=O) groups excluding carboxylic acids is 1. The first-order valence-electron chi connectivity index (χ1n) is 8.26. The molecule has 27 heavy (non-hydrogen) atoms. The summed E-state index contributed by atoms with van der Waals surface area (Å²) in [5.41, 5.74) is 1.16. The van der Waals surface area contributed by atoms with Crippen molar-refractivity contribution in [3.05, 3.63) is 57.8 Å². The third-order valence-electron chi connectivity index (χ3n) is 4.42. The first-order valence-corrected chi connectivity index (χ1v) is 8.26. The fourth-order valence-electron chi connectivity index (χ4n) is 3.02. The molecule has 0 bridgehead atoms. The molecule has 138 valence electrons. The van der Waals surface area contributed by atoms with Crippen LogP contribution in [0.15, 0.2) is 36.5 Å². The van der Waals surface area contributed by atoms with E-state index in [2.05, 4.69) is 16.0 Å². The summed E-state index contributed by atoms with van der Waals surface area (Å²) in [6.07, 6.45) is 1.60. The Kier molecular flexibility index (Phi) is 5.17. The normalized spacial score (nSPS) is 13.8. The molecular formula is C18H17N5O4. The van der Waals surface area contributed by atoms with Crippen molar-refractivity contribution in [1.82, 2.24) is 4.98 Å². The first-order chi connectivity index (χ1) is 13.0. The van der Waals surface area contributed by atoms with Crippen LogP contribution in [0.1, 0.15) is 15.9 Å². The second kappa shape index (κ2) is 7.70. The molecule has 2 aromatic rings. The number of esters is 1. The Morgan fingerprint density at radius 1 is 1.22 bits per heavy atom. The predicted octanol–water partition coefficient (Wildman–Crippen LogP) is 1.97. The lowest BCUT2D eigenvalue weighted by molar-refractivity contribution is -0.384. The Morgan fingerprint density at radius 2 is 1.93 bits per heavy atom. The maximum Gasteiger partial charge on any atom is 0.340 e. The quantitative estimate of drug-likeness (QED) is 0.458. The smallest absolute Gasteiger partial charge is 0.340 e. The van der Waals surface area contributed by atoms with Gasteiger partial charge in [0, 0.05) is 44.5 Å². The third kappa shape index (κ3) is 3.79. The number of anilines is 2. The lowest BCUT2D eigenvalue weighted by Crippen LogP contribution is -2.47. The number of methoxy groups -OCH3 is 1. The van der Waals surface area contributed by atoms with Gasteiger partial charge in [0.2, 0.25) is 0 Å². The van der Waals surface area contributed by atoms with E-state index < -0.39 is 10.9 Å². The number of benzene rings is 1. The molecule has 0 saturated carbocycles. The van der Waals surface area contributed by atoms with E-state index in [0.29, 0.717) is 37.4 Å². The summed E-state index contributed by atoms with van der Waals surface area (Å²) in [7, 11) is 1.25. The monoisotopic (exact) mass is 367 g/mol. The molecule has 1 aromatic carbocycles. The summed E-state index contributed by atoms with van der Waals surface area (Å²) in [4.78, 5) is 30.9. The van der Waals surface area contributed by atoms with Gasteiger partial charge in [0.05, 0.1) is 34.9 Å². The third-order valence-corrected chi connectivity index (χ3v) is 4.42. The van der Waals surface area contributed by atoms with Crippen LogP contribution in [0.2, 0.25) is 0 Å². The van der Waals surface area contributed by atoms with Gasteiger partial charge >= 0.3 is 5.97 Å². The van der Waals surface area contributed by atoms with Gasteiger partial charge in [-0.15, -0.1) is 0 Å². The van der Waals surface area contributed by atoms with Gasteiger partial charge in [0.15, 0.2) is 0 Å². The van der Waals surface area contributed by atoms with E-state index in [4.69, 9.17) is 10.00 Å². The van der Waals surface area contributed by atoms with Gasteiger partial charge in [-0.2, -0.15) is 5.26 Å². The highest BCUT2D eigenvalue weighted by Crippen LogP contribution is 2.28. The van der Waals surface area contributed by atoms with Crippen molar-refractivity contribution in [3.63, 3.8) is 0 Å². The number of hydrogen-bond acceptors (Lipinski definition) is 8. The van der Waals surface area contributed by atoms with Crippen LogP contribution in [0.5, 0.6) is 0 Å². The minimum atomic E-state index is -0.612. The highest BCUT2D eigenvalue weighted by atomic mass is 16.6. The second-order valence-electron chi connectivity index (χ2n) is 5.94. The van der Waals surface area contributed by atoms with Gasteiger partial charge in [-0.25, -0.2) is 9.78 Å². The minimum absolute atomic E-state index is 0.157. The zero-order valence-electron chi connectivity index (χ0n) is 14.7. The molecule has 0 radical (unpaired) electrons. The summed E-state index contributed by atoms with van der Waals surface area (Å²) < 4.78 is 4.78. The Balaban J connectivity index is 1.80. The average Bonchev–Trinajstić information content (AvgIpc) is 2.72. The molecule has 1 aliphatic rings. The van der Waals surface area contributed by atoms with E-state index in [0.717, 1.165) is 5.82 Å². The molecule has 3 rings (SSSR count). The molecule has 9 nitrogen and oxygen atoms in total. The van der Waals surface area contributed by atoms with Gasteiger partial charge in [0.1, 0.15) is 5.82 Å². The van der Waals surface area contributed by atoms with Crippen molar-refractivity contribution >= 4 is 23.2 Å². The molecule has 1 aliphatic heterocycles. The minimum Gasteiger partial charge on any atom is -0.465 e. The SMILES string of the molecule is COC(=O)c1cc([N+](=O)[O-])ccc1N1CCN(c2cc(C#N)ccn2)CC1. The number of nitro groups is 1. The summed E-state index contributed by atoms with van der Waals surface area (Å²) >= 11 is 0. The lowest BCUT2D eigenvalue weighted by Gasteiger charge is -2.37. The Morgan fingerprint density at radius 3 is 2.56 bits per heavy atom. The van der Waals surface area contributed by atoms with Crippen molar-refractivity contribution in [2.75, 3.05) is 43.1 Å². The number of hydrogen-bond donors (Lipinski definition) is 0. The fraction of sp³-hybridized carbons (Fsp3) is 0.278. The highest BCUT2D eigenvalue weighted by Gasteiger charge is 2.24. The first kappa shape index (κ1) is 18.1. The van der Waals surface area contributed by atoms with Crippen molar-refractivity contribution in [1.29, 1.82) is 5.26 Å². The number of nitrogens with zero attached hydrogens (tertiary/aromatic N) is 5. The van der Waals surface area contributed by atoms with Gasteiger partial charge in [0.25, 0.3) is 5.69 Å². The number of nitro benzene ring substituents is 1. The van der Waals surface area contributed by atoms with E-state index in [1.807, 2.05) is 4.90 Å². The zero-order chi connectivity index (χ0) is 19.4. The van der Waals surface area contributed by atoms with E-state index in [9.17, 15) is 14.9 Å². The van der Waals surface area contributed by atoms with Crippen LogP contribution in [-0.2, 0) is 4.74 Å². The van der Waals surface area contributed by atoms with Crippen molar-refractivity contribution in [2.45, 2.75) is 0 Å². The van der Waals surface area contributed by atoms with E-state index in [1.165, 1.54) is 19.2 Å². The van der Waals surface area contributed by atoms with Crippen molar-refractivity contribution in [2.24, 2.45) is 0 Å². The molecule has 0 atom stereocenters. The predicted molar refractivity (Wildman–Crippen MR) is 97.8 cm³/mol. The van der Waals surface area contributed by atoms with E-state index in [-0.39, 0.29) is 11.3 Å². The molecule has 1 saturated heterocycles. The number of pyridine rings is 1. The maximum absolute atomic E-state index is 12.1. The molecule has 1 fully saturated rings. The molecule has 9 heteroatoms. The summed E-state index contributed by atoms with van der Waals surface area (Å²) in [5, 5.41) is 20.0. The standard InChI is InChI=1S/C18H17N5O4/c1-27-18(24)15-11-14(23(25)26)2-3-16(15)21-6-8-22(9-7-21)17-10-13(12-19)4-5-20-17/h2-5,10-11H,6-9H2,1H3. The maximum atomic E-state index is 12.1. The Labute approximate surface area is 155 Å². The average molecular weight is 367 g/mol. The van der Waals surface area contributed by atoms with Gasteiger partial charge in [-0.05, 0) is 18.2 Å².